The van der Waals surface area contributed by atoms with E-state index < -0.39 is 5.97 Å². The molecule has 0 unspecified atom stereocenters. The number of rotatable bonds is 2. The lowest BCUT2D eigenvalue weighted by Gasteiger charge is -1.83. The molecule has 0 aliphatic heterocycles. The quantitative estimate of drug-likeness (QED) is 0.274. The summed E-state index contributed by atoms with van der Waals surface area (Å²) in [6.07, 6.45) is 1.06. The van der Waals surface area contributed by atoms with Crippen molar-refractivity contribution in [2.24, 2.45) is 4.99 Å². The number of hydrogen-bond acceptors (Lipinski definition) is 3. The Balaban J connectivity index is 3.52. The van der Waals surface area contributed by atoms with E-state index in [1.54, 1.807) is 0 Å². The molecule has 0 aromatic heterocycles. The van der Waals surface area contributed by atoms with E-state index in [1.165, 1.54) is 7.11 Å². The second-order valence-corrected chi connectivity index (χ2v) is 0.907. The Kier molecular flexibility index (Phi) is 3.39. The molecule has 4 heteroatoms. The molecule has 0 N–H and O–H groups in total. The third kappa shape index (κ3) is 3.02. The summed E-state index contributed by atoms with van der Waals surface area (Å²) in [6, 6.07) is 0. The number of carbonyl (C=O) groups is 2. The van der Waals surface area contributed by atoms with Crippen molar-refractivity contribution in [3.05, 3.63) is 0 Å². The van der Waals surface area contributed by atoms with Gasteiger partial charge >= 0.3 is 5.97 Å². The van der Waals surface area contributed by atoms with Crippen LogP contribution in [0.1, 0.15) is 0 Å². The largest absolute Gasteiger partial charge is 0.465 e. The van der Waals surface area contributed by atoms with Gasteiger partial charge in [-0.1, -0.05) is 0 Å². The average Bonchev–Trinajstić information content (AvgIpc) is 1.83. The molecule has 0 radical (unpaired) electrons. The molecule has 0 aliphatic rings. The number of carbonyl (C=O) groups excluding carboxylic acids is 2. The molecule has 0 saturated carbocycles. The van der Waals surface area contributed by atoms with Gasteiger partial charge in [0.05, 0.1) is 7.11 Å². The van der Waals surface area contributed by atoms with Gasteiger partial charge in [-0.25, -0.2) is 9.79 Å². The Labute approximate surface area is 46.2 Å². The van der Waals surface area contributed by atoms with Crippen LogP contribution in [0.2, 0.25) is 0 Å². The lowest BCUT2D eigenvalue weighted by molar-refractivity contribution is -0.132. The van der Waals surface area contributed by atoms with Crippen LogP contribution in [0.25, 0.3) is 0 Å². The predicted octanol–water partition coefficient (Wildman–Crippen LogP) is -0.613. The van der Waals surface area contributed by atoms with Gasteiger partial charge in [0.2, 0.25) is 6.41 Å². The maximum Gasteiger partial charge on any atom is 0.349 e. The summed E-state index contributed by atoms with van der Waals surface area (Å²) in [5.74, 6) is -0.628. The first-order valence-corrected chi connectivity index (χ1v) is 1.86. The summed E-state index contributed by atoms with van der Waals surface area (Å²) >= 11 is 0. The lowest BCUT2D eigenvalue weighted by Crippen LogP contribution is -2.00. The number of nitrogens with zero attached hydrogens (tertiary/aromatic N) is 1. The van der Waals surface area contributed by atoms with Gasteiger partial charge in [0.15, 0.2) is 0 Å². The minimum atomic E-state index is -0.628. The van der Waals surface area contributed by atoms with Crippen LogP contribution < -0.4 is 0 Å². The lowest BCUT2D eigenvalue weighted by atomic mass is 10.7. The Morgan fingerprint density at radius 1 is 1.75 bits per heavy atom. The van der Waals surface area contributed by atoms with Crippen molar-refractivity contribution in [2.75, 3.05) is 7.11 Å². The smallest absolute Gasteiger partial charge is 0.349 e. The summed E-state index contributed by atoms with van der Waals surface area (Å²) in [6.45, 7) is 0. The molecule has 0 atom stereocenters. The Morgan fingerprint density at radius 3 is 2.75 bits per heavy atom. The molecule has 0 aromatic rings. The maximum atomic E-state index is 10.0. The molecule has 4 nitrogen and oxygen atoms in total. The summed E-state index contributed by atoms with van der Waals surface area (Å²) in [7, 11) is 1.21. The predicted molar refractivity (Wildman–Crippen MR) is 26.6 cm³/mol. The van der Waals surface area contributed by atoms with E-state index in [0.717, 1.165) is 6.21 Å². The molecule has 0 spiro atoms. The van der Waals surface area contributed by atoms with Crippen molar-refractivity contribution < 1.29 is 14.3 Å². The van der Waals surface area contributed by atoms with Crippen molar-refractivity contribution in [2.45, 2.75) is 0 Å². The van der Waals surface area contributed by atoms with Crippen LogP contribution >= 0.6 is 0 Å². The molecular formula is C4H5NO3. The van der Waals surface area contributed by atoms with Crippen LogP contribution in [0.15, 0.2) is 4.99 Å². The van der Waals surface area contributed by atoms with Crippen molar-refractivity contribution in [3.63, 3.8) is 0 Å². The third-order valence-corrected chi connectivity index (χ3v) is 0.442. The number of aliphatic imine (C=N–C) groups is 1. The van der Waals surface area contributed by atoms with Gasteiger partial charge in [0.1, 0.15) is 6.21 Å². The monoisotopic (exact) mass is 115 g/mol. The molecule has 0 rings (SSSR count). The van der Waals surface area contributed by atoms with E-state index in [0.29, 0.717) is 0 Å². The number of hydrogen-bond donors (Lipinski definition) is 0. The summed E-state index contributed by atoms with van der Waals surface area (Å²) in [4.78, 5) is 22.4. The van der Waals surface area contributed by atoms with Gasteiger partial charge < -0.3 is 4.74 Å². The van der Waals surface area contributed by atoms with Crippen molar-refractivity contribution in [1.29, 1.82) is 0 Å². The van der Waals surface area contributed by atoms with Crippen LogP contribution in [0.4, 0.5) is 0 Å². The number of ether oxygens (including phenoxy) is 1. The zero-order chi connectivity index (χ0) is 6.41. The third-order valence-electron chi connectivity index (χ3n) is 0.442. The van der Waals surface area contributed by atoms with Gasteiger partial charge in [-0.05, 0) is 0 Å². The molecule has 0 fully saturated rings. The molecule has 1 amide bonds. The highest BCUT2D eigenvalue weighted by Crippen LogP contribution is 1.64. The van der Waals surface area contributed by atoms with Gasteiger partial charge in [0.25, 0.3) is 0 Å². The van der Waals surface area contributed by atoms with E-state index in [9.17, 15) is 9.59 Å². The van der Waals surface area contributed by atoms with Crippen molar-refractivity contribution in [1.82, 2.24) is 0 Å². The second-order valence-electron chi connectivity index (χ2n) is 0.907. The first-order chi connectivity index (χ1) is 3.81. The highest BCUT2D eigenvalue weighted by Gasteiger charge is 1.87. The fourth-order valence-electron chi connectivity index (χ4n) is 0.144. The first-order valence-electron chi connectivity index (χ1n) is 1.86. The minimum Gasteiger partial charge on any atom is -0.465 e. The van der Waals surface area contributed by atoms with Gasteiger partial charge in [-0.2, -0.15) is 0 Å². The maximum absolute atomic E-state index is 10.0. The second kappa shape index (κ2) is 3.98. The highest BCUT2D eigenvalue weighted by molar-refractivity contribution is 6.24. The number of esters is 1. The zero-order valence-electron chi connectivity index (χ0n) is 4.33. The highest BCUT2D eigenvalue weighted by atomic mass is 16.5. The summed E-state index contributed by atoms with van der Waals surface area (Å²) < 4.78 is 4.11. The number of amides is 1. The van der Waals surface area contributed by atoms with Gasteiger partial charge in [-0.3, -0.25) is 4.79 Å². The SMILES string of the molecule is COC(=O)C=NC=O. The summed E-state index contributed by atoms with van der Waals surface area (Å²) in [5.41, 5.74) is 0. The Morgan fingerprint density at radius 2 is 2.38 bits per heavy atom. The zero-order valence-corrected chi connectivity index (χ0v) is 4.33. The standard InChI is InChI=1S/C4H5NO3/c1-8-4(7)2-5-3-6/h2-3H,1H3. The van der Waals surface area contributed by atoms with Crippen molar-refractivity contribution in [3.8, 4) is 0 Å². The molecule has 0 aliphatic carbocycles. The molecule has 0 aromatic carbocycles. The molecular weight excluding hydrogens is 110 g/mol. The minimum absolute atomic E-state index is 0.261. The van der Waals surface area contributed by atoms with E-state index >= 15 is 0 Å². The Bertz CT molecular complexity index is 118. The van der Waals surface area contributed by atoms with Gasteiger partial charge in [-0.15, -0.1) is 0 Å². The van der Waals surface area contributed by atoms with Crippen LogP contribution in [-0.2, 0) is 14.3 Å². The van der Waals surface area contributed by atoms with E-state index in [1.807, 2.05) is 0 Å². The fraction of sp³-hybridized carbons (Fsp3) is 0.250. The summed E-state index contributed by atoms with van der Waals surface area (Å²) in [5, 5.41) is 0. The number of methoxy groups -OCH3 is 1. The van der Waals surface area contributed by atoms with Crippen LogP contribution in [-0.4, -0.2) is 25.7 Å². The topological polar surface area (TPSA) is 55.7 Å². The molecule has 0 heterocycles. The molecule has 0 saturated heterocycles. The van der Waals surface area contributed by atoms with Gasteiger partial charge in [0, 0.05) is 0 Å². The van der Waals surface area contributed by atoms with Crippen LogP contribution in [0.3, 0.4) is 0 Å². The Hall–Kier alpha value is -1.19. The normalized spacial score (nSPS) is 9.12. The molecule has 8 heavy (non-hydrogen) atoms. The molecule has 0 bridgehead atoms. The van der Waals surface area contributed by atoms with Crippen LogP contribution in [0, 0.1) is 0 Å². The van der Waals surface area contributed by atoms with E-state index in [2.05, 4.69) is 9.73 Å². The first kappa shape index (κ1) is 6.81. The molecule has 44 valence electrons. The fourth-order valence-corrected chi connectivity index (χ4v) is 0.144. The average molecular weight is 115 g/mol. The van der Waals surface area contributed by atoms with E-state index in [4.69, 9.17) is 0 Å². The van der Waals surface area contributed by atoms with Crippen molar-refractivity contribution >= 4 is 18.6 Å². The van der Waals surface area contributed by atoms with E-state index in [-0.39, 0.29) is 6.41 Å². The van der Waals surface area contributed by atoms with Crippen LogP contribution in [0.5, 0.6) is 0 Å².